The lowest BCUT2D eigenvalue weighted by atomic mass is 9.83. The molecule has 172 valence electrons. The van der Waals surface area contributed by atoms with Crippen molar-refractivity contribution >= 4 is 0 Å². The number of halogens is 7. The fraction of sp³-hybridized carbons (Fsp3) is 0.867. The third kappa shape index (κ3) is 4.22. The van der Waals surface area contributed by atoms with E-state index in [9.17, 15) is 51.0 Å². The molecule has 2 fully saturated rings. The van der Waals surface area contributed by atoms with Gasteiger partial charge in [-0.25, -0.2) is 30.7 Å². The van der Waals surface area contributed by atoms with E-state index in [1.54, 1.807) is 0 Å². The summed E-state index contributed by atoms with van der Waals surface area (Å²) in [4.78, 5) is 18.7. The van der Waals surface area contributed by atoms with Crippen molar-refractivity contribution in [3.63, 3.8) is 0 Å². The van der Waals surface area contributed by atoms with E-state index in [0.717, 1.165) is 6.08 Å². The van der Waals surface area contributed by atoms with Crippen LogP contribution < -0.4 is 0 Å². The summed E-state index contributed by atoms with van der Waals surface area (Å²) in [7, 11) is 0. The molecule has 0 bridgehead atoms. The Labute approximate surface area is 164 Å². The van der Waals surface area contributed by atoms with Crippen LogP contribution in [-0.4, -0.2) is 90.1 Å². The zero-order valence-electron chi connectivity index (χ0n) is 14.9. The Morgan fingerprint density at radius 1 is 0.700 bits per heavy atom. The van der Waals surface area contributed by atoms with Gasteiger partial charge in [0.2, 0.25) is 18.5 Å². The molecule has 10 unspecified atom stereocenters. The normalized spacial score (nSPS) is 46.9. The highest BCUT2D eigenvalue weighted by Gasteiger charge is 2.64. The van der Waals surface area contributed by atoms with Crippen LogP contribution in [0.2, 0.25) is 0 Å². The maximum atomic E-state index is 14.7. The number of nitrogens with zero attached hydrogens (tertiary/aromatic N) is 2. The second kappa shape index (κ2) is 9.41. The molecule has 0 saturated heterocycles. The SMILES string of the molecule is C=CCOC1C(F)C(OC2C(F)C(F)C([N+](=O)[O-])C(F)C2F)C(F)C(F)C1[N+](=O)[O-]. The summed E-state index contributed by atoms with van der Waals surface area (Å²) in [6, 6.07) is -5.48. The third-order valence-corrected chi connectivity index (χ3v) is 5.00. The topological polar surface area (TPSA) is 105 Å². The minimum Gasteiger partial charge on any atom is -0.364 e. The summed E-state index contributed by atoms with van der Waals surface area (Å²) in [5.74, 6) is 0. The third-order valence-electron chi connectivity index (χ3n) is 5.00. The Balaban J connectivity index is 2.30. The predicted molar refractivity (Wildman–Crippen MR) is 84.4 cm³/mol. The van der Waals surface area contributed by atoms with E-state index in [1.165, 1.54) is 0 Å². The Morgan fingerprint density at radius 2 is 1.10 bits per heavy atom. The van der Waals surface area contributed by atoms with Crippen LogP contribution in [0.15, 0.2) is 12.7 Å². The maximum Gasteiger partial charge on any atom is 0.280 e. The van der Waals surface area contributed by atoms with E-state index in [1.807, 2.05) is 0 Å². The Hall–Kier alpha value is -2.03. The van der Waals surface area contributed by atoms with Gasteiger partial charge in [-0.2, -0.15) is 0 Å². The molecule has 0 aliphatic heterocycles. The molecule has 0 aromatic rings. The minimum absolute atomic E-state index is 0.545. The van der Waals surface area contributed by atoms with Crippen molar-refractivity contribution in [2.24, 2.45) is 0 Å². The number of nitro groups is 2. The second-order valence-corrected chi connectivity index (χ2v) is 6.81. The molecule has 2 aliphatic rings. The fourth-order valence-corrected chi connectivity index (χ4v) is 3.51. The average molecular weight is 454 g/mol. The monoisotopic (exact) mass is 454 g/mol. The summed E-state index contributed by atoms with van der Waals surface area (Å²) >= 11 is 0. The van der Waals surface area contributed by atoms with Gasteiger partial charge >= 0.3 is 0 Å². The van der Waals surface area contributed by atoms with Crippen molar-refractivity contribution in [1.29, 1.82) is 0 Å². The van der Waals surface area contributed by atoms with Crippen LogP contribution in [0, 0.1) is 20.2 Å². The van der Waals surface area contributed by atoms with Gasteiger partial charge in [0.15, 0.2) is 30.8 Å². The lowest BCUT2D eigenvalue weighted by Crippen LogP contribution is -2.67. The van der Waals surface area contributed by atoms with E-state index >= 15 is 0 Å². The largest absolute Gasteiger partial charge is 0.364 e. The highest BCUT2D eigenvalue weighted by Crippen LogP contribution is 2.38. The van der Waals surface area contributed by atoms with Gasteiger partial charge in [-0.05, 0) is 0 Å². The number of ether oxygens (including phenoxy) is 2. The molecule has 0 aromatic carbocycles. The molecule has 0 heterocycles. The van der Waals surface area contributed by atoms with Crippen LogP contribution in [0.4, 0.5) is 30.7 Å². The molecule has 0 aromatic heterocycles. The van der Waals surface area contributed by atoms with Crippen molar-refractivity contribution in [3.05, 3.63) is 32.9 Å². The van der Waals surface area contributed by atoms with Crippen molar-refractivity contribution in [2.75, 3.05) is 6.61 Å². The predicted octanol–water partition coefficient (Wildman–Crippen LogP) is 2.00. The fourth-order valence-electron chi connectivity index (χ4n) is 3.51. The van der Waals surface area contributed by atoms with Crippen LogP contribution in [-0.2, 0) is 9.47 Å². The Morgan fingerprint density at radius 3 is 1.50 bits per heavy atom. The van der Waals surface area contributed by atoms with Gasteiger partial charge < -0.3 is 9.47 Å². The van der Waals surface area contributed by atoms with E-state index in [2.05, 4.69) is 11.3 Å². The summed E-state index contributed by atoms with van der Waals surface area (Å²) in [5.41, 5.74) is 0. The lowest BCUT2D eigenvalue weighted by molar-refractivity contribution is -0.554. The average Bonchev–Trinajstić information content (AvgIpc) is 2.67. The first-order valence-corrected chi connectivity index (χ1v) is 8.59. The van der Waals surface area contributed by atoms with Crippen LogP contribution in [0.3, 0.4) is 0 Å². The zero-order valence-corrected chi connectivity index (χ0v) is 14.9. The molecule has 0 N–H and O–H groups in total. The number of rotatable bonds is 7. The number of hydrogen-bond donors (Lipinski definition) is 0. The smallest absolute Gasteiger partial charge is 0.280 e. The molecule has 2 rings (SSSR count). The number of alkyl halides is 7. The van der Waals surface area contributed by atoms with Crippen molar-refractivity contribution in [1.82, 2.24) is 0 Å². The van der Waals surface area contributed by atoms with Crippen molar-refractivity contribution in [3.8, 4) is 0 Å². The van der Waals surface area contributed by atoms with E-state index in [0.29, 0.717) is 0 Å². The van der Waals surface area contributed by atoms with Crippen LogP contribution in [0.1, 0.15) is 0 Å². The first-order valence-electron chi connectivity index (χ1n) is 8.59. The van der Waals surface area contributed by atoms with Gasteiger partial charge in [-0.15, -0.1) is 6.58 Å². The highest BCUT2D eigenvalue weighted by molar-refractivity contribution is 5.05. The number of hydrogen-bond acceptors (Lipinski definition) is 6. The van der Waals surface area contributed by atoms with Crippen molar-refractivity contribution in [2.45, 2.75) is 73.6 Å². The van der Waals surface area contributed by atoms with Crippen LogP contribution >= 0.6 is 0 Å². The summed E-state index contributed by atoms with van der Waals surface area (Å²) in [6.07, 6.45) is -28.9. The summed E-state index contributed by atoms with van der Waals surface area (Å²) in [6.45, 7) is 2.65. The molecule has 8 nitrogen and oxygen atoms in total. The van der Waals surface area contributed by atoms with Crippen molar-refractivity contribution < 1.29 is 50.1 Å². The van der Waals surface area contributed by atoms with Gasteiger partial charge in [0, 0.05) is 9.85 Å². The summed E-state index contributed by atoms with van der Waals surface area (Å²) in [5, 5.41) is 21.7. The molecule has 2 saturated carbocycles. The molecular formula is C15H17F7N2O6. The van der Waals surface area contributed by atoms with Gasteiger partial charge in [0.05, 0.1) is 6.61 Å². The first kappa shape index (κ1) is 24.2. The molecular weight excluding hydrogens is 437 g/mol. The molecule has 10 atom stereocenters. The highest BCUT2D eigenvalue weighted by atomic mass is 19.2. The van der Waals surface area contributed by atoms with Gasteiger partial charge in [0.25, 0.3) is 12.1 Å². The quantitative estimate of drug-likeness (QED) is 0.252. The molecule has 2 aliphatic carbocycles. The van der Waals surface area contributed by atoms with E-state index < -0.39 is 90.1 Å². The Kier molecular flexibility index (Phi) is 7.60. The van der Waals surface area contributed by atoms with Crippen LogP contribution in [0.5, 0.6) is 0 Å². The zero-order chi connectivity index (χ0) is 22.9. The Bertz CT molecular complexity index is 647. The standard InChI is InChI=1S/C15H17F7N2O6/c1-2-3-29-15-10(22)14(9(21)6(18)12(15)24(27)28)30-13-7(19)4(16)11(23(25)26)5(17)8(13)20/h2,4-15H,1,3H2. The van der Waals surface area contributed by atoms with Gasteiger partial charge in [-0.3, -0.25) is 20.2 Å². The summed E-state index contributed by atoms with van der Waals surface area (Å²) < 4.78 is 109. The molecule has 0 amide bonds. The molecule has 30 heavy (non-hydrogen) atoms. The lowest BCUT2D eigenvalue weighted by Gasteiger charge is -2.42. The maximum absolute atomic E-state index is 14.7. The minimum atomic E-state index is -3.23. The molecule has 15 heteroatoms. The van der Waals surface area contributed by atoms with Gasteiger partial charge in [-0.1, -0.05) is 6.08 Å². The molecule has 0 spiro atoms. The second-order valence-electron chi connectivity index (χ2n) is 6.81. The molecule has 0 radical (unpaired) electrons. The van der Waals surface area contributed by atoms with E-state index in [4.69, 9.17) is 4.74 Å². The van der Waals surface area contributed by atoms with Crippen LogP contribution in [0.25, 0.3) is 0 Å². The van der Waals surface area contributed by atoms with Gasteiger partial charge in [0.1, 0.15) is 12.2 Å². The first-order chi connectivity index (χ1) is 13.9. The van der Waals surface area contributed by atoms with E-state index in [-0.39, 0.29) is 0 Å².